The fourth-order valence-corrected chi connectivity index (χ4v) is 5.20. The zero-order valence-corrected chi connectivity index (χ0v) is 14.1. The van der Waals surface area contributed by atoms with Crippen LogP contribution in [0.15, 0.2) is 18.2 Å². The second-order valence-electron chi connectivity index (χ2n) is 7.19. The van der Waals surface area contributed by atoms with Gasteiger partial charge in [0.25, 0.3) is 0 Å². The number of aliphatic hydroxyl groups is 1. The lowest BCUT2D eigenvalue weighted by atomic mass is 9.81. The summed E-state index contributed by atoms with van der Waals surface area (Å²) in [7, 11) is 3.70. The standard InChI is InChI=1S/C18H24N2O4/c1-19-11-7-12(18(22)23)17(19)13-6-10-4-3-5-15(24-2)16(10)14(9-21)20(13)8-11/h3-5,11-14,17,21H,6-9H2,1-2H3,(H,22,23)/t11-,12-,13+,14+,17+/m0/s1. The van der Waals surface area contributed by atoms with Gasteiger partial charge in [-0.3, -0.25) is 14.6 Å². The second-order valence-corrected chi connectivity index (χ2v) is 7.19. The van der Waals surface area contributed by atoms with Gasteiger partial charge in [-0.15, -0.1) is 0 Å². The molecule has 0 spiro atoms. The number of likely N-dealkylation sites (N-methyl/N-ethyl adjacent to an activating group) is 1. The predicted molar refractivity (Wildman–Crippen MR) is 88.1 cm³/mol. The first-order chi connectivity index (χ1) is 11.6. The average molecular weight is 332 g/mol. The van der Waals surface area contributed by atoms with Crippen molar-refractivity contribution >= 4 is 5.97 Å². The van der Waals surface area contributed by atoms with Gasteiger partial charge in [-0.1, -0.05) is 12.1 Å². The number of piperazine rings is 1. The molecule has 130 valence electrons. The highest BCUT2D eigenvalue weighted by molar-refractivity contribution is 5.72. The van der Waals surface area contributed by atoms with Crippen LogP contribution in [0.5, 0.6) is 5.75 Å². The van der Waals surface area contributed by atoms with Crippen molar-refractivity contribution in [1.29, 1.82) is 0 Å². The number of hydrogen-bond donors (Lipinski definition) is 2. The van der Waals surface area contributed by atoms with Crippen LogP contribution in [0.4, 0.5) is 0 Å². The third kappa shape index (κ3) is 2.10. The summed E-state index contributed by atoms with van der Waals surface area (Å²) in [5.41, 5.74) is 2.23. The van der Waals surface area contributed by atoms with Crippen molar-refractivity contribution in [3.63, 3.8) is 0 Å². The Morgan fingerprint density at radius 1 is 1.42 bits per heavy atom. The number of rotatable bonds is 3. The van der Waals surface area contributed by atoms with E-state index in [-0.39, 0.29) is 36.7 Å². The summed E-state index contributed by atoms with van der Waals surface area (Å²) < 4.78 is 5.53. The number of carboxylic acids is 1. The van der Waals surface area contributed by atoms with Crippen LogP contribution in [0.25, 0.3) is 0 Å². The molecule has 6 heteroatoms. The first-order valence-corrected chi connectivity index (χ1v) is 8.54. The summed E-state index contributed by atoms with van der Waals surface area (Å²) in [6, 6.07) is 6.21. The molecule has 0 aromatic heterocycles. The first-order valence-electron chi connectivity index (χ1n) is 8.54. The number of ether oxygens (including phenoxy) is 1. The van der Waals surface area contributed by atoms with Gasteiger partial charge in [0, 0.05) is 30.2 Å². The molecule has 1 aromatic carbocycles. The van der Waals surface area contributed by atoms with E-state index < -0.39 is 5.97 Å². The maximum atomic E-state index is 11.7. The average Bonchev–Trinajstić information content (AvgIpc) is 2.79. The SMILES string of the molecule is COc1cccc2c1[C@@H](CO)N1C[C@@H]3C[C@H](C(=O)O)[C@H]([C@H]1C2)N3C. The van der Waals surface area contributed by atoms with Gasteiger partial charge < -0.3 is 14.9 Å². The van der Waals surface area contributed by atoms with Crippen molar-refractivity contribution in [2.45, 2.75) is 37.0 Å². The molecule has 0 saturated carbocycles. The number of nitrogens with zero attached hydrogens (tertiary/aromatic N) is 2. The van der Waals surface area contributed by atoms with Crippen molar-refractivity contribution < 1.29 is 19.7 Å². The van der Waals surface area contributed by atoms with Crippen molar-refractivity contribution in [2.75, 3.05) is 27.3 Å². The topological polar surface area (TPSA) is 73.2 Å². The van der Waals surface area contributed by atoms with E-state index in [9.17, 15) is 15.0 Å². The van der Waals surface area contributed by atoms with Gasteiger partial charge in [0.05, 0.1) is 25.7 Å². The minimum absolute atomic E-state index is 0.00495. The Bertz CT molecular complexity index is 664. The van der Waals surface area contributed by atoms with Crippen LogP contribution in [0.2, 0.25) is 0 Å². The van der Waals surface area contributed by atoms with Crippen molar-refractivity contribution in [3.8, 4) is 5.75 Å². The van der Waals surface area contributed by atoms with Crippen molar-refractivity contribution in [2.24, 2.45) is 5.92 Å². The van der Waals surface area contributed by atoms with E-state index in [0.717, 1.165) is 29.8 Å². The Labute approximate surface area is 141 Å². The summed E-state index contributed by atoms with van der Waals surface area (Å²) in [5, 5.41) is 19.8. The molecule has 2 saturated heterocycles. The normalized spacial score (nSPS) is 35.4. The van der Waals surface area contributed by atoms with Crippen LogP contribution >= 0.6 is 0 Å². The zero-order valence-electron chi connectivity index (χ0n) is 14.1. The summed E-state index contributed by atoms with van der Waals surface area (Å²) in [6.07, 6.45) is 1.49. The molecule has 3 heterocycles. The third-order valence-electron chi connectivity index (χ3n) is 6.26. The molecule has 0 radical (unpaired) electrons. The number of hydrogen-bond acceptors (Lipinski definition) is 5. The van der Waals surface area contributed by atoms with Crippen molar-refractivity contribution in [3.05, 3.63) is 29.3 Å². The largest absolute Gasteiger partial charge is 0.496 e. The molecule has 5 atom stereocenters. The summed E-state index contributed by atoms with van der Waals surface area (Å²) in [5.74, 6) is -0.222. The highest BCUT2D eigenvalue weighted by Gasteiger charge is 2.55. The molecule has 0 aliphatic carbocycles. The molecular weight excluding hydrogens is 308 g/mol. The molecule has 1 aromatic rings. The fraction of sp³-hybridized carbons (Fsp3) is 0.611. The minimum Gasteiger partial charge on any atom is -0.496 e. The lowest BCUT2D eigenvalue weighted by Gasteiger charge is -2.52. The molecule has 3 aliphatic heterocycles. The third-order valence-corrected chi connectivity index (χ3v) is 6.26. The van der Waals surface area contributed by atoms with Crippen molar-refractivity contribution in [1.82, 2.24) is 9.80 Å². The number of carbonyl (C=O) groups is 1. The van der Waals surface area contributed by atoms with Gasteiger partial charge in [0.1, 0.15) is 5.75 Å². The highest BCUT2D eigenvalue weighted by Crippen LogP contribution is 2.47. The summed E-state index contributed by atoms with van der Waals surface area (Å²) in [4.78, 5) is 16.3. The Hall–Kier alpha value is -1.63. The van der Waals surface area contributed by atoms with Gasteiger partial charge in [-0.25, -0.2) is 0 Å². The molecule has 0 unspecified atom stereocenters. The zero-order chi connectivity index (χ0) is 17.0. The number of carboxylic acid groups (broad SMARTS) is 1. The highest BCUT2D eigenvalue weighted by atomic mass is 16.5. The lowest BCUT2D eigenvalue weighted by Crippen LogP contribution is -2.63. The van der Waals surface area contributed by atoms with E-state index in [1.165, 1.54) is 0 Å². The molecule has 4 rings (SSSR count). The Morgan fingerprint density at radius 2 is 2.21 bits per heavy atom. The van der Waals surface area contributed by atoms with Gasteiger partial charge in [0.15, 0.2) is 0 Å². The molecule has 3 aliphatic rings. The Kier molecular flexibility index (Phi) is 3.78. The van der Waals surface area contributed by atoms with E-state index in [2.05, 4.69) is 15.9 Å². The maximum absolute atomic E-state index is 11.7. The summed E-state index contributed by atoms with van der Waals surface area (Å²) >= 11 is 0. The number of aliphatic carboxylic acids is 1. The van der Waals surface area contributed by atoms with Crippen LogP contribution in [0.1, 0.15) is 23.6 Å². The van der Waals surface area contributed by atoms with E-state index in [1.54, 1.807) is 7.11 Å². The quantitative estimate of drug-likeness (QED) is 0.851. The number of methoxy groups -OCH3 is 1. The molecule has 2 fully saturated rings. The fourth-order valence-electron chi connectivity index (χ4n) is 5.20. The van der Waals surface area contributed by atoms with Crippen LogP contribution in [-0.4, -0.2) is 71.4 Å². The molecule has 6 nitrogen and oxygen atoms in total. The van der Waals surface area contributed by atoms with Crippen LogP contribution < -0.4 is 4.74 Å². The summed E-state index contributed by atoms with van der Waals surface area (Å²) in [6.45, 7) is 0.814. The Morgan fingerprint density at radius 3 is 2.88 bits per heavy atom. The van der Waals surface area contributed by atoms with E-state index >= 15 is 0 Å². The molecule has 2 N–H and O–H groups in total. The van der Waals surface area contributed by atoms with E-state index in [0.29, 0.717) is 6.42 Å². The van der Waals surface area contributed by atoms with Gasteiger partial charge in [-0.05, 0) is 31.5 Å². The second kappa shape index (κ2) is 5.72. The van der Waals surface area contributed by atoms with E-state index in [4.69, 9.17) is 4.74 Å². The number of aliphatic hydroxyl groups excluding tert-OH is 1. The van der Waals surface area contributed by atoms with Gasteiger partial charge >= 0.3 is 5.97 Å². The predicted octanol–water partition coefficient (Wildman–Crippen LogP) is 0.742. The molecular formula is C18H24N2O4. The smallest absolute Gasteiger partial charge is 0.308 e. The minimum atomic E-state index is -0.701. The van der Waals surface area contributed by atoms with E-state index in [1.807, 2.05) is 19.2 Å². The molecule has 24 heavy (non-hydrogen) atoms. The van der Waals surface area contributed by atoms with Crippen LogP contribution in [0.3, 0.4) is 0 Å². The number of benzene rings is 1. The Balaban J connectivity index is 1.79. The molecule has 0 amide bonds. The first kappa shape index (κ1) is 15.9. The van der Waals surface area contributed by atoms with Gasteiger partial charge in [0.2, 0.25) is 0 Å². The lowest BCUT2D eigenvalue weighted by molar-refractivity contribution is -0.143. The maximum Gasteiger partial charge on any atom is 0.308 e. The van der Waals surface area contributed by atoms with Gasteiger partial charge in [-0.2, -0.15) is 0 Å². The number of fused-ring (bicyclic) bond motifs is 5. The molecule has 2 bridgehead atoms. The van der Waals surface area contributed by atoms with Crippen LogP contribution in [-0.2, 0) is 11.2 Å². The monoisotopic (exact) mass is 332 g/mol. The van der Waals surface area contributed by atoms with Crippen LogP contribution in [0, 0.1) is 5.92 Å².